The molecule has 15 heavy (non-hydrogen) atoms. The second kappa shape index (κ2) is 6.08. The van der Waals surface area contributed by atoms with E-state index in [2.05, 4.69) is 4.74 Å². The van der Waals surface area contributed by atoms with E-state index in [0.29, 0.717) is 13.0 Å². The summed E-state index contributed by atoms with van der Waals surface area (Å²) in [5.74, 6) is 0.0699. The Morgan fingerprint density at radius 2 is 1.93 bits per heavy atom. The van der Waals surface area contributed by atoms with Crippen LogP contribution in [0.25, 0.3) is 0 Å². The molecule has 0 saturated heterocycles. The van der Waals surface area contributed by atoms with Gasteiger partial charge >= 0.3 is 5.97 Å². The van der Waals surface area contributed by atoms with Gasteiger partial charge in [-0.05, 0) is 25.7 Å². The third-order valence-electron chi connectivity index (χ3n) is 2.69. The number of methoxy groups -OCH3 is 2. The van der Waals surface area contributed by atoms with Crippen LogP contribution < -0.4 is 5.73 Å². The van der Waals surface area contributed by atoms with Gasteiger partial charge in [0, 0.05) is 19.3 Å². The van der Waals surface area contributed by atoms with Crippen LogP contribution in [0.5, 0.6) is 0 Å². The van der Waals surface area contributed by atoms with E-state index >= 15 is 0 Å². The lowest BCUT2D eigenvalue weighted by Gasteiger charge is -2.34. The zero-order valence-corrected chi connectivity index (χ0v) is 10.4. The van der Waals surface area contributed by atoms with Gasteiger partial charge in [0.25, 0.3) is 0 Å². The fraction of sp³-hybridized carbons (Fsp3) is 0.909. The van der Waals surface area contributed by atoms with Crippen molar-refractivity contribution in [1.82, 2.24) is 0 Å². The standard InChI is InChI=1S/C11H23NO3/c1-8(7-14-4)9(11(2,3)12)6-10(13)15-5/h8-9H,6-7,12H2,1-5H3. The van der Waals surface area contributed by atoms with Crippen molar-refractivity contribution in [3.63, 3.8) is 0 Å². The lowest BCUT2D eigenvalue weighted by Crippen LogP contribution is -2.46. The third-order valence-corrected chi connectivity index (χ3v) is 2.69. The summed E-state index contributed by atoms with van der Waals surface area (Å²) in [5, 5.41) is 0. The minimum absolute atomic E-state index is 0.0601. The van der Waals surface area contributed by atoms with Crippen LogP contribution in [0.4, 0.5) is 0 Å². The molecule has 90 valence electrons. The van der Waals surface area contributed by atoms with Crippen molar-refractivity contribution in [1.29, 1.82) is 0 Å². The largest absolute Gasteiger partial charge is 0.469 e. The van der Waals surface area contributed by atoms with E-state index in [1.54, 1.807) is 7.11 Å². The molecule has 0 aromatic heterocycles. The summed E-state index contributed by atoms with van der Waals surface area (Å²) in [4.78, 5) is 11.3. The van der Waals surface area contributed by atoms with Gasteiger partial charge in [0.1, 0.15) is 0 Å². The smallest absolute Gasteiger partial charge is 0.305 e. The molecule has 4 nitrogen and oxygen atoms in total. The number of carbonyl (C=O) groups is 1. The fourth-order valence-electron chi connectivity index (χ4n) is 1.84. The van der Waals surface area contributed by atoms with Crippen LogP contribution in [0.15, 0.2) is 0 Å². The number of hydrogen-bond acceptors (Lipinski definition) is 4. The first-order chi connectivity index (χ1) is 6.82. The predicted molar refractivity (Wildman–Crippen MR) is 59.4 cm³/mol. The maximum atomic E-state index is 11.3. The van der Waals surface area contributed by atoms with Crippen LogP contribution in [-0.2, 0) is 14.3 Å². The normalized spacial score (nSPS) is 15.9. The quantitative estimate of drug-likeness (QED) is 0.679. The Morgan fingerprint density at radius 3 is 2.27 bits per heavy atom. The molecular weight excluding hydrogens is 194 g/mol. The van der Waals surface area contributed by atoms with Crippen LogP contribution in [0.1, 0.15) is 27.2 Å². The zero-order chi connectivity index (χ0) is 12.1. The van der Waals surface area contributed by atoms with Crippen LogP contribution in [0.3, 0.4) is 0 Å². The van der Waals surface area contributed by atoms with E-state index in [1.807, 2.05) is 20.8 Å². The van der Waals surface area contributed by atoms with Gasteiger partial charge in [0.15, 0.2) is 0 Å². The second-order valence-corrected chi connectivity index (χ2v) is 4.64. The first-order valence-electron chi connectivity index (χ1n) is 5.17. The van der Waals surface area contributed by atoms with Gasteiger partial charge in [-0.15, -0.1) is 0 Å². The molecule has 0 spiro atoms. The minimum Gasteiger partial charge on any atom is -0.469 e. The zero-order valence-electron chi connectivity index (χ0n) is 10.4. The molecular formula is C11H23NO3. The van der Waals surface area contributed by atoms with Crippen LogP contribution in [0.2, 0.25) is 0 Å². The maximum absolute atomic E-state index is 11.3. The minimum atomic E-state index is -0.411. The van der Waals surface area contributed by atoms with Crippen molar-refractivity contribution in [2.45, 2.75) is 32.7 Å². The number of hydrogen-bond donors (Lipinski definition) is 1. The Labute approximate surface area is 92.1 Å². The first-order valence-corrected chi connectivity index (χ1v) is 5.17. The van der Waals surface area contributed by atoms with Gasteiger partial charge in [-0.1, -0.05) is 6.92 Å². The summed E-state index contributed by atoms with van der Waals surface area (Å²) in [6.45, 7) is 6.48. The van der Waals surface area contributed by atoms with E-state index < -0.39 is 5.54 Å². The Kier molecular flexibility index (Phi) is 5.83. The van der Waals surface area contributed by atoms with Gasteiger partial charge < -0.3 is 15.2 Å². The van der Waals surface area contributed by atoms with Crippen LogP contribution in [0, 0.1) is 11.8 Å². The van der Waals surface area contributed by atoms with Gasteiger partial charge in [-0.3, -0.25) is 4.79 Å². The molecule has 0 aromatic carbocycles. The Morgan fingerprint density at radius 1 is 1.40 bits per heavy atom. The van der Waals surface area contributed by atoms with E-state index in [-0.39, 0.29) is 17.8 Å². The summed E-state index contributed by atoms with van der Waals surface area (Å²) in [6, 6.07) is 0. The van der Waals surface area contributed by atoms with Crippen molar-refractivity contribution >= 4 is 5.97 Å². The molecule has 0 radical (unpaired) electrons. The highest BCUT2D eigenvalue weighted by atomic mass is 16.5. The second-order valence-electron chi connectivity index (χ2n) is 4.64. The molecule has 0 aromatic rings. The third kappa shape index (κ3) is 5.14. The Balaban J connectivity index is 4.51. The van der Waals surface area contributed by atoms with Crippen molar-refractivity contribution in [3.8, 4) is 0 Å². The average Bonchev–Trinajstić information content (AvgIpc) is 2.12. The van der Waals surface area contributed by atoms with E-state index in [1.165, 1.54) is 7.11 Å². The molecule has 0 amide bonds. The average molecular weight is 217 g/mol. The van der Waals surface area contributed by atoms with E-state index in [0.717, 1.165) is 0 Å². The van der Waals surface area contributed by atoms with Crippen LogP contribution >= 0.6 is 0 Å². The summed E-state index contributed by atoms with van der Waals surface area (Å²) < 4.78 is 9.76. The highest BCUT2D eigenvalue weighted by Crippen LogP contribution is 2.26. The van der Waals surface area contributed by atoms with E-state index in [9.17, 15) is 4.79 Å². The lowest BCUT2D eigenvalue weighted by atomic mass is 9.77. The summed E-state index contributed by atoms with van der Waals surface area (Å²) in [5.41, 5.74) is 5.64. The molecule has 0 aliphatic carbocycles. The molecule has 0 rings (SSSR count). The van der Waals surface area contributed by atoms with Crippen molar-refractivity contribution < 1.29 is 14.3 Å². The SMILES string of the molecule is COCC(C)C(CC(=O)OC)C(C)(C)N. The molecule has 0 saturated carbocycles. The molecule has 4 heteroatoms. The topological polar surface area (TPSA) is 61.5 Å². The number of rotatable bonds is 6. The van der Waals surface area contributed by atoms with E-state index in [4.69, 9.17) is 10.5 Å². The summed E-state index contributed by atoms with van der Waals surface area (Å²) in [7, 11) is 3.04. The van der Waals surface area contributed by atoms with Crippen molar-refractivity contribution in [3.05, 3.63) is 0 Å². The first kappa shape index (κ1) is 14.4. The summed E-state index contributed by atoms with van der Waals surface area (Å²) >= 11 is 0. The van der Waals surface area contributed by atoms with Crippen molar-refractivity contribution in [2.24, 2.45) is 17.6 Å². The predicted octanol–water partition coefficient (Wildman–Crippen LogP) is 1.19. The number of esters is 1. The Hall–Kier alpha value is -0.610. The molecule has 0 bridgehead atoms. The molecule has 2 unspecified atom stereocenters. The van der Waals surface area contributed by atoms with Gasteiger partial charge in [0.2, 0.25) is 0 Å². The number of ether oxygens (including phenoxy) is 2. The molecule has 0 aliphatic heterocycles. The Bertz CT molecular complexity index is 198. The molecule has 2 atom stereocenters. The number of carbonyl (C=O) groups excluding carboxylic acids is 1. The van der Waals surface area contributed by atoms with Crippen molar-refractivity contribution in [2.75, 3.05) is 20.8 Å². The lowest BCUT2D eigenvalue weighted by molar-refractivity contribution is -0.143. The van der Waals surface area contributed by atoms with Gasteiger partial charge in [0.05, 0.1) is 13.5 Å². The molecule has 2 N–H and O–H groups in total. The molecule has 0 heterocycles. The summed E-state index contributed by atoms with van der Waals surface area (Å²) in [6.07, 6.45) is 0.338. The number of nitrogens with two attached hydrogens (primary N) is 1. The van der Waals surface area contributed by atoms with Gasteiger partial charge in [-0.2, -0.15) is 0 Å². The van der Waals surface area contributed by atoms with Crippen LogP contribution in [-0.4, -0.2) is 32.3 Å². The maximum Gasteiger partial charge on any atom is 0.305 e. The highest BCUT2D eigenvalue weighted by Gasteiger charge is 2.32. The van der Waals surface area contributed by atoms with Gasteiger partial charge in [-0.25, -0.2) is 0 Å². The fourth-order valence-corrected chi connectivity index (χ4v) is 1.84. The molecule has 0 fully saturated rings. The highest BCUT2D eigenvalue weighted by molar-refractivity contribution is 5.69. The molecule has 0 aliphatic rings. The monoisotopic (exact) mass is 217 g/mol.